The van der Waals surface area contributed by atoms with Gasteiger partial charge in [0, 0.05) is 25.6 Å². The van der Waals surface area contributed by atoms with Crippen LogP contribution in [0.3, 0.4) is 0 Å². The smallest absolute Gasteiger partial charge is 0.255 e. The summed E-state index contributed by atoms with van der Waals surface area (Å²) in [6.07, 6.45) is 2.79. The molecular weight excluding hydrogens is 378 g/mol. The highest BCUT2D eigenvalue weighted by Gasteiger charge is 2.27. The first kappa shape index (κ1) is 20.7. The monoisotopic (exact) mass is 401 g/mol. The molecule has 144 valence electrons. The predicted molar refractivity (Wildman–Crippen MR) is 99.7 cm³/mol. The average molecular weight is 402 g/mol. The number of nitrogens with zero attached hydrogens (tertiary/aromatic N) is 1. The molecule has 1 aliphatic rings. The number of sulfonamides is 1. The number of halogens is 1. The predicted octanol–water partition coefficient (Wildman–Crippen LogP) is 1.77. The van der Waals surface area contributed by atoms with Crippen molar-refractivity contribution in [2.45, 2.75) is 43.5 Å². The van der Waals surface area contributed by atoms with E-state index >= 15 is 0 Å². The molecule has 0 spiro atoms. The molecule has 0 bridgehead atoms. The fourth-order valence-corrected chi connectivity index (χ4v) is 3.88. The van der Waals surface area contributed by atoms with Gasteiger partial charge < -0.3 is 10.2 Å². The molecule has 2 rings (SSSR count). The molecule has 0 saturated carbocycles. The van der Waals surface area contributed by atoms with Crippen molar-refractivity contribution in [1.82, 2.24) is 14.9 Å². The van der Waals surface area contributed by atoms with Crippen LogP contribution in [0, 0.1) is 0 Å². The van der Waals surface area contributed by atoms with Crippen molar-refractivity contribution in [3.8, 4) is 0 Å². The van der Waals surface area contributed by atoms with Gasteiger partial charge in [-0.25, -0.2) is 13.1 Å². The second-order valence-corrected chi connectivity index (χ2v) is 8.55. The number of benzene rings is 1. The number of hydrogen-bond acceptors (Lipinski definition) is 4. The summed E-state index contributed by atoms with van der Waals surface area (Å²) in [6.45, 7) is 2.86. The van der Waals surface area contributed by atoms with Crippen LogP contribution in [0.4, 0.5) is 0 Å². The number of amides is 2. The first-order valence-corrected chi connectivity index (χ1v) is 10.5. The molecule has 2 N–H and O–H groups in total. The van der Waals surface area contributed by atoms with Crippen LogP contribution in [0.15, 0.2) is 23.1 Å². The number of rotatable bonds is 6. The third kappa shape index (κ3) is 4.96. The van der Waals surface area contributed by atoms with E-state index in [0.717, 1.165) is 19.3 Å². The minimum Gasteiger partial charge on any atom is -0.352 e. The van der Waals surface area contributed by atoms with Gasteiger partial charge in [0.15, 0.2) is 0 Å². The zero-order valence-electron chi connectivity index (χ0n) is 14.9. The van der Waals surface area contributed by atoms with E-state index in [2.05, 4.69) is 10.0 Å². The van der Waals surface area contributed by atoms with Crippen molar-refractivity contribution >= 4 is 33.4 Å². The summed E-state index contributed by atoms with van der Waals surface area (Å²) in [5.41, 5.74) is 0.142. The van der Waals surface area contributed by atoms with E-state index in [4.69, 9.17) is 11.6 Å². The van der Waals surface area contributed by atoms with Crippen molar-refractivity contribution in [2.75, 3.05) is 20.1 Å². The maximum atomic E-state index is 12.9. The molecule has 26 heavy (non-hydrogen) atoms. The van der Waals surface area contributed by atoms with Crippen LogP contribution in [-0.2, 0) is 14.8 Å². The fourth-order valence-electron chi connectivity index (χ4n) is 2.93. The van der Waals surface area contributed by atoms with Gasteiger partial charge >= 0.3 is 0 Å². The second kappa shape index (κ2) is 8.83. The summed E-state index contributed by atoms with van der Waals surface area (Å²) in [5.74, 6) is -0.357. The minimum absolute atomic E-state index is 0.0161. The van der Waals surface area contributed by atoms with E-state index < -0.39 is 10.0 Å². The van der Waals surface area contributed by atoms with Gasteiger partial charge in [-0.15, -0.1) is 0 Å². The fraction of sp³-hybridized carbons (Fsp3) is 0.529. The van der Waals surface area contributed by atoms with Gasteiger partial charge in [-0.2, -0.15) is 0 Å². The first-order chi connectivity index (χ1) is 12.3. The van der Waals surface area contributed by atoms with Gasteiger partial charge in [-0.3, -0.25) is 9.59 Å². The van der Waals surface area contributed by atoms with Crippen molar-refractivity contribution in [3.05, 3.63) is 28.8 Å². The molecule has 1 aliphatic heterocycles. The highest BCUT2D eigenvalue weighted by atomic mass is 35.5. The van der Waals surface area contributed by atoms with E-state index in [0.29, 0.717) is 19.5 Å². The molecule has 1 aromatic carbocycles. The molecule has 1 aromatic rings. The lowest BCUT2D eigenvalue weighted by atomic mass is 10.0. The Morgan fingerprint density at radius 2 is 2.08 bits per heavy atom. The first-order valence-electron chi connectivity index (χ1n) is 8.60. The molecule has 1 atom stereocenters. The SMILES string of the molecule is CCCC(=O)NC1CCCN(C(=O)c2cc(S(=O)(=O)NC)ccc2Cl)C1. The van der Waals surface area contributed by atoms with E-state index in [1.807, 2.05) is 6.92 Å². The Hall–Kier alpha value is -1.64. The number of piperidine rings is 1. The van der Waals surface area contributed by atoms with E-state index in [-0.39, 0.29) is 33.3 Å². The minimum atomic E-state index is -3.67. The average Bonchev–Trinajstić information content (AvgIpc) is 2.61. The Kier molecular flexibility index (Phi) is 7.02. The van der Waals surface area contributed by atoms with Crippen LogP contribution < -0.4 is 10.0 Å². The topological polar surface area (TPSA) is 95.6 Å². The molecule has 0 aromatic heterocycles. The maximum Gasteiger partial charge on any atom is 0.255 e. The van der Waals surface area contributed by atoms with Crippen LogP contribution in [0.1, 0.15) is 43.0 Å². The normalized spacial score (nSPS) is 17.8. The number of carbonyl (C=O) groups is 2. The number of hydrogen-bond donors (Lipinski definition) is 2. The van der Waals surface area contributed by atoms with Gasteiger partial charge in [0.25, 0.3) is 5.91 Å². The lowest BCUT2D eigenvalue weighted by Crippen LogP contribution is -2.49. The number of nitrogens with one attached hydrogen (secondary N) is 2. The maximum absolute atomic E-state index is 12.9. The summed E-state index contributed by atoms with van der Waals surface area (Å²) >= 11 is 6.13. The molecule has 1 heterocycles. The van der Waals surface area contributed by atoms with Gasteiger partial charge in [-0.1, -0.05) is 18.5 Å². The number of likely N-dealkylation sites (tertiary alicyclic amines) is 1. The lowest BCUT2D eigenvalue weighted by molar-refractivity contribution is -0.122. The lowest BCUT2D eigenvalue weighted by Gasteiger charge is -2.33. The van der Waals surface area contributed by atoms with E-state index in [1.165, 1.54) is 25.2 Å². The zero-order valence-corrected chi connectivity index (χ0v) is 16.5. The van der Waals surface area contributed by atoms with Crippen LogP contribution in [-0.4, -0.2) is 51.3 Å². The zero-order chi connectivity index (χ0) is 19.3. The summed E-state index contributed by atoms with van der Waals surface area (Å²) in [5, 5.41) is 3.14. The van der Waals surface area contributed by atoms with Gasteiger partial charge in [0.2, 0.25) is 15.9 Å². The van der Waals surface area contributed by atoms with E-state index in [9.17, 15) is 18.0 Å². The van der Waals surface area contributed by atoms with Gasteiger partial charge in [-0.05, 0) is 44.5 Å². The van der Waals surface area contributed by atoms with Crippen LogP contribution in [0.5, 0.6) is 0 Å². The van der Waals surface area contributed by atoms with Crippen molar-refractivity contribution in [1.29, 1.82) is 0 Å². The highest BCUT2D eigenvalue weighted by molar-refractivity contribution is 7.89. The molecule has 2 amide bonds. The third-order valence-electron chi connectivity index (χ3n) is 4.30. The van der Waals surface area contributed by atoms with Gasteiger partial charge in [0.1, 0.15) is 0 Å². The van der Waals surface area contributed by atoms with Crippen LogP contribution in [0.2, 0.25) is 5.02 Å². The molecule has 1 fully saturated rings. The summed E-state index contributed by atoms with van der Waals surface area (Å²) in [4.78, 5) is 26.2. The molecule has 1 unspecified atom stereocenters. The molecule has 0 radical (unpaired) electrons. The standard InChI is InChI=1S/C17H24ClN3O4S/c1-3-5-16(22)20-12-6-4-9-21(11-12)17(23)14-10-13(7-8-15(14)18)26(24,25)19-2/h7-8,10,12,19H,3-6,9,11H2,1-2H3,(H,20,22). The van der Waals surface area contributed by atoms with Gasteiger partial charge in [0.05, 0.1) is 15.5 Å². The Labute approximate surface area is 159 Å². The Balaban J connectivity index is 2.17. The second-order valence-electron chi connectivity index (χ2n) is 6.26. The summed E-state index contributed by atoms with van der Waals surface area (Å²) < 4.78 is 26.2. The Bertz CT molecular complexity index is 782. The Morgan fingerprint density at radius 1 is 1.35 bits per heavy atom. The summed E-state index contributed by atoms with van der Waals surface area (Å²) in [7, 11) is -2.37. The molecule has 9 heteroatoms. The Morgan fingerprint density at radius 3 is 2.73 bits per heavy atom. The highest BCUT2D eigenvalue weighted by Crippen LogP contribution is 2.23. The van der Waals surface area contributed by atoms with Crippen molar-refractivity contribution in [2.24, 2.45) is 0 Å². The van der Waals surface area contributed by atoms with E-state index in [1.54, 1.807) is 4.90 Å². The third-order valence-corrected chi connectivity index (χ3v) is 6.04. The number of carbonyl (C=O) groups excluding carboxylic acids is 2. The van der Waals surface area contributed by atoms with Crippen LogP contribution >= 0.6 is 11.6 Å². The molecular formula is C17H24ClN3O4S. The summed E-state index contributed by atoms with van der Waals surface area (Å²) in [6, 6.07) is 3.95. The molecule has 0 aliphatic carbocycles. The molecule has 7 nitrogen and oxygen atoms in total. The van der Waals surface area contributed by atoms with Crippen molar-refractivity contribution < 1.29 is 18.0 Å². The van der Waals surface area contributed by atoms with Crippen LogP contribution in [0.25, 0.3) is 0 Å². The van der Waals surface area contributed by atoms with Crippen molar-refractivity contribution in [3.63, 3.8) is 0 Å². The largest absolute Gasteiger partial charge is 0.352 e. The molecule has 1 saturated heterocycles. The quantitative estimate of drug-likeness (QED) is 0.759.